The molecule has 1 heterocycles. The van der Waals surface area contributed by atoms with Crippen LogP contribution in [0.4, 0.5) is 10.2 Å². The van der Waals surface area contributed by atoms with Crippen LogP contribution < -0.4 is 4.72 Å². The molecule has 5 nitrogen and oxygen atoms in total. The minimum Gasteiger partial charge on any atom is -0.264 e. The maximum Gasteiger partial charge on any atom is 0.263 e. The second kappa shape index (κ2) is 5.00. The van der Waals surface area contributed by atoms with Gasteiger partial charge in [-0.2, -0.15) is 5.10 Å². The zero-order valence-electron chi connectivity index (χ0n) is 10.5. The van der Waals surface area contributed by atoms with Gasteiger partial charge in [0, 0.05) is 12.1 Å². The van der Waals surface area contributed by atoms with Crippen molar-refractivity contribution in [2.45, 2.75) is 24.8 Å². The van der Waals surface area contributed by atoms with Crippen molar-refractivity contribution in [1.29, 1.82) is 0 Å². The fraction of sp³-hybridized carbons (Fsp3) is 0.250. The molecule has 102 valence electrons. The highest BCUT2D eigenvalue weighted by atomic mass is 32.2. The Morgan fingerprint density at radius 3 is 2.42 bits per heavy atom. The Morgan fingerprint density at radius 2 is 1.84 bits per heavy atom. The molecule has 0 atom stereocenters. The number of rotatable bonds is 4. The summed E-state index contributed by atoms with van der Waals surface area (Å²) in [5, 5.41) is 4.04. The van der Waals surface area contributed by atoms with E-state index in [0.29, 0.717) is 5.82 Å². The monoisotopic (exact) mass is 283 g/mol. The molecule has 1 N–H and O–H groups in total. The Morgan fingerprint density at radius 1 is 1.21 bits per heavy atom. The summed E-state index contributed by atoms with van der Waals surface area (Å²) < 4.78 is 41.0. The van der Waals surface area contributed by atoms with E-state index in [4.69, 9.17) is 0 Å². The maximum atomic E-state index is 12.8. The molecule has 7 heteroatoms. The molecule has 0 aliphatic carbocycles. The number of hydrogen-bond acceptors (Lipinski definition) is 3. The van der Waals surface area contributed by atoms with Crippen molar-refractivity contribution < 1.29 is 12.8 Å². The van der Waals surface area contributed by atoms with Crippen LogP contribution in [0.2, 0.25) is 0 Å². The largest absolute Gasteiger partial charge is 0.264 e. The van der Waals surface area contributed by atoms with Crippen molar-refractivity contribution in [2.24, 2.45) is 0 Å². The smallest absolute Gasteiger partial charge is 0.263 e. The summed E-state index contributed by atoms with van der Waals surface area (Å²) in [6.45, 7) is 3.78. The average Bonchev–Trinajstić information content (AvgIpc) is 2.77. The van der Waals surface area contributed by atoms with Crippen LogP contribution in [-0.2, 0) is 10.0 Å². The van der Waals surface area contributed by atoms with E-state index in [1.807, 2.05) is 13.8 Å². The molecule has 0 fully saturated rings. The van der Waals surface area contributed by atoms with E-state index >= 15 is 0 Å². The number of anilines is 1. The van der Waals surface area contributed by atoms with E-state index in [-0.39, 0.29) is 10.9 Å². The quantitative estimate of drug-likeness (QED) is 0.937. The van der Waals surface area contributed by atoms with Crippen LogP contribution in [0.5, 0.6) is 0 Å². The highest BCUT2D eigenvalue weighted by molar-refractivity contribution is 7.92. The van der Waals surface area contributed by atoms with Gasteiger partial charge in [0.2, 0.25) is 0 Å². The lowest BCUT2D eigenvalue weighted by Crippen LogP contribution is -2.17. The second-order valence-corrected chi connectivity index (χ2v) is 6.00. The molecule has 0 amide bonds. The van der Waals surface area contributed by atoms with Crippen LogP contribution in [0.3, 0.4) is 0 Å². The number of benzene rings is 1. The molecule has 2 rings (SSSR count). The Labute approximate surface area is 111 Å². The molecule has 0 radical (unpaired) electrons. The summed E-state index contributed by atoms with van der Waals surface area (Å²) >= 11 is 0. The topological polar surface area (TPSA) is 64.0 Å². The minimum absolute atomic E-state index is 0.00501. The number of halogens is 1. The lowest BCUT2D eigenvalue weighted by Gasteiger charge is -2.12. The average molecular weight is 283 g/mol. The predicted molar refractivity (Wildman–Crippen MR) is 69.8 cm³/mol. The van der Waals surface area contributed by atoms with Gasteiger partial charge in [-0.3, -0.25) is 4.72 Å². The predicted octanol–water partition coefficient (Wildman–Crippen LogP) is 2.40. The van der Waals surface area contributed by atoms with Crippen molar-refractivity contribution in [3.63, 3.8) is 0 Å². The first kappa shape index (κ1) is 13.5. The lowest BCUT2D eigenvalue weighted by molar-refractivity contribution is 0.539. The first-order chi connectivity index (χ1) is 8.90. The highest BCUT2D eigenvalue weighted by Crippen LogP contribution is 2.18. The van der Waals surface area contributed by atoms with Crippen molar-refractivity contribution in [1.82, 2.24) is 9.78 Å². The summed E-state index contributed by atoms with van der Waals surface area (Å²) in [7, 11) is -3.73. The van der Waals surface area contributed by atoms with Crippen molar-refractivity contribution in [3.8, 4) is 0 Å². The molecule has 0 spiro atoms. The van der Waals surface area contributed by atoms with E-state index in [0.717, 1.165) is 12.1 Å². The first-order valence-electron chi connectivity index (χ1n) is 5.72. The molecule has 0 saturated carbocycles. The Balaban J connectivity index is 2.31. The number of sulfonamides is 1. The standard InChI is InChI=1S/C12H14FN3O2S/c1-9(2)16-12(7-8-14-16)15-19(17,18)11-5-3-10(13)4-6-11/h3-9,15H,1-2H3. The van der Waals surface area contributed by atoms with Gasteiger partial charge < -0.3 is 0 Å². The third kappa shape index (κ3) is 2.93. The van der Waals surface area contributed by atoms with Crippen LogP contribution >= 0.6 is 0 Å². The molecule has 1 aromatic heterocycles. The number of aromatic nitrogens is 2. The number of nitrogens with one attached hydrogen (secondary N) is 1. The Bertz CT molecular complexity index is 663. The van der Waals surface area contributed by atoms with Gasteiger partial charge in [0.05, 0.1) is 11.1 Å². The molecule has 19 heavy (non-hydrogen) atoms. The van der Waals surface area contributed by atoms with Gasteiger partial charge in [0.1, 0.15) is 11.6 Å². The fourth-order valence-electron chi connectivity index (χ4n) is 1.62. The van der Waals surface area contributed by atoms with Crippen LogP contribution in [0, 0.1) is 5.82 Å². The zero-order valence-corrected chi connectivity index (χ0v) is 11.4. The van der Waals surface area contributed by atoms with Crippen LogP contribution in [0.15, 0.2) is 41.4 Å². The van der Waals surface area contributed by atoms with Gasteiger partial charge in [-0.1, -0.05) is 0 Å². The van der Waals surface area contributed by atoms with Gasteiger partial charge in [-0.15, -0.1) is 0 Å². The maximum absolute atomic E-state index is 12.8. The normalized spacial score (nSPS) is 11.8. The molecule has 0 bridgehead atoms. The van der Waals surface area contributed by atoms with Gasteiger partial charge in [-0.05, 0) is 38.1 Å². The summed E-state index contributed by atoms with van der Waals surface area (Å²) in [6.07, 6.45) is 1.52. The third-order valence-corrected chi connectivity index (χ3v) is 3.89. The summed E-state index contributed by atoms with van der Waals surface area (Å²) in [4.78, 5) is 0.00501. The number of hydrogen-bond donors (Lipinski definition) is 1. The Kier molecular flexibility index (Phi) is 3.57. The molecule has 0 unspecified atom stereocenters. The molecular weight excluding hydrogens is 269 g/mol. The molecule has 2 aromatic rings. The fourth-order valence-corrected chi connectivity index (χ4v) is 2.67. The van der Waals surface area contributed by atoms with E-state index in [2.05, 4.69) is 9.82 Å². The summed E-state index contributed by atoms with van der Waals surface area (Å²) in [5.41, 5.74) is 0. The van der Waals surface area contributed by atoms with Crippen molar-refractivity contribution in [2.75, 3.05) is 4.72 Å². The first-order valence-corrected chi connectivity index (χ1v) is 7.20. The van der Waals surface area contributed by atoms with Gasteiger partial charge >= 0.3 is 0 Å². The van der Waals surface area contributed by atoms with Gasteiger partial charge in [-0.25, -0.2) is 17.5 Å². The van der Waals surface area contributed by atoms with E-state index in [9.17, 15) is 12.8 Å². The zero-order chi connectivity index (χ0) is 14.0. The second-order valence-electron chi connectivity index (χ2n) is 4.31. The van der Waals surface area contributed by atoms with Crippen LogP contribution in [0.25, 0.3) is 0 Å². The minimum atomic E-state index is -3.73. The molecule has 0 aliphatic heterocycles. The third-order valence-electron chi connectivity index (χ3n) is 2.52. The molecular formula is C12H14FN3O2S. The highest BCUT2D eigenvalue weighted by Gasteiger charge is 2.17. The molecule has 1 aromatic carbocycles. The van der Waals surface area contributed by atoms with Crippen LogP contribution in [0.1, 0.15) is 19.9 Å². The lowest BCUT2D eigenvalue weighted by atomic mass is 10.4. The van der Waals surface area contributed by atoms with Gasteiger partial charge in [0.15, 0.2) is 0 Å². The SMILES string of the molecule is CC(C)n1nccc1NS(=O)(=O)c1ccc(F)cc1. The summed E-state index contributed by atoms with van der Waals surface area (Å²) in [5.74, 6) is -0.106. The van der Waals surface area contributed by atoms with Crippen LogP contribution in [-0.4, -0.2) is 18.2 Å². The number of nitrogens with zero attached hydrogens (tertiary/aromatic N) is 2. The van der Waals surface area contributed by atoms with E-state index in [1.165, 1.54) is 18.3 Å². The van der Waals surface area contributed by atoms with Gasteiger partial charge in [0.25, 0.3) is 10.0 Å². The summed E-state index contributed by atoms with van der Waals surface area (Å²) in [6, 6.07) is 6.24. The van der Waals surface area contributed by atoms with Crippen molar-refractivity contribution in [3.05, 3.63) is 42.3 Å². The Hall–Kier alpha value is -1.89. The molecule has 0 saturated heterocycles. The van der Waals surface area contributed by atoms with Crippen molar-refractivity contribution >= 4 is 15.8 Å². The van der Waals surface area contributed by atoms with E-state index in [1.54, 1.807) is 10.7 Å². The molecule has 0 aliphatic rings. The van der Waals surface area contributed by atoms with E-state index < -0.39 is 15.8 Å².